The van der Waals surface area contributed by atoms with Gasteiger partial charge in [0.25, 0.3) is 0 Å². The Kier molecular flexibility index (Phi) is 5.46. The van der Waals surface area contributed by atoms with Gasteiger partial charge >= 0.3 is 0 Å². The van der Waals surface area contributed by atoms with Crippen molar-refractivity contribution in [3.63, 3.8) is 0 Å². The minimum atomic E-state index is -0.364. The number of methoxy groups -OCH3 is 1. The van der Waals surface area contributed by atoms with Crippen LogP contribution in [0.1, 0.15) is 36.4 Å². The molecule has 1 aliphatic heterocycles. The summed E-state index contributed by atoms with van der Waals surface area (Å²) >= 11 is 7.82. The zero-order chi connectivity index (χ0) is 21.4. The molecule has 0 spiro atoms. The maximum absolute atomic E-state index is 13.0. The van der Waals surface area contributed by atoms with E-state index in [2.05, 4.69) is 5.32 Å². The van der Waals surface area contributed by atoms with Gasteiger partial charge in [-0.2, -0.15) is 4.98 Å². The smallest absolute Gasteiger partial charge is 0.227 e. The lowest BCUT2D eigenvalue weighted by Gasteiger charge is -2.32. The number of thioether (sulfide) groups is 1. The molecule has 31 heavy (non-hydrogen) atoms. The Labute approximate surface area is 189 Å². The summed E-state index contributed by atoms with van der Waals surface area (Å²) in [6.07, 6.45) is 2.21. The average molecular weight is 453 g/mol. The number of rotatable bonds is 5. The van der Waals surface area contributed by atoms with Gasteiger partial charge in [0.2, 0.25) is 11.1 Å². The second-order valence-electron chi connectivity index (χ2n) is 7.48. The second kappa shape index (κ2) is 8.40. The third kappa shape index (κ3) is 3.72. The highest BCUT2D eigenvalue weighted by Gasteiger charge is 2.38. The van der Waals surface area contributed by atoms with Crippen LogP contribution in [0.15, 0.2) is 65.0 Å². The van der Waals surface area contributed by atoms with Crippen LogP contribution in [0.2, 0.25) is 5.02 Å². The number of allylic oxidation sites excluding steroid dienone is 2. The predicted octanol–water partition coefficient (Wildman–Crippen LogP) is 5.25. The van der Waals surface area contributed by atoms with Crippen molar-refractivity contribution in [1.82, 2.24) is 14.8 Å². The quantitative estimate of drug-likeness (QED) is 0.533. The Morgan fingerprint density at radius 2 is 2.00 bits per heavy atom. The molecule has 5 rings (SSSR count). The van der Waals surface area contributed by atoms with Gasteiger partial charge in [0.1, 0.15) is 11.8 Å². The molecule has 1 aromatic heterocycles. The number of benzene rings is 2. The van der Waals surface area contributed by atoms with E-state index in [-0.39, 0.29) is 11.8 Å². The molecule has 1 N–H and O–H groups in total. The number of ketones is 1. The van der Waals surface area contributed by atoms with Crippen LogP contribution in [0.4, 0.5) is 5.95 Å². The third-order valence-corrected chi connectivity index (χ3v) is 6.85. The number of aromatic nitrogens is 3. The van der Waals surface area contributed by atoms with Crippen LogP contribution < -0.4 is 10.1 Å². The summed E-state index contributed by atoms with van der Waals surface area (Å²) in [7, 11) is 1.64. The first-order valence-corrected chi connectivity index (χ1v) is 11.5. The fraction of sp³-hybridized carbons (Fsp3) is 0.261. The van der Waals surface area contributed by atoms with Gasteiger partial charge in [-0.1, -0.05) is 59.8 Å². The van der Waals surface area contributed by atoms with Gasteiger partial charge in [-0.05, 0) is 30.5 Å². The molecule has 0 saturated heterocycles. The average Bonchev–Trinajstić information content (AvgIpc) is 3.20. The largest absolute Gasteiger partial charge is 0.496 e. The summed E-state index contributed by atoms with van der Waals surface area (Å²) in [5, 5.41) is 9.50. The van der Waals surface area contributed by atoms with Crippen molar-refractivity contribution in [2.45, 2.75) is 36.2 Å². The van der Waals surface area contributed by atoms with Crippen molar-refractivity contribution in [2.24, 2.45) is 0 Å². The molecule has 2 aliphatic rings. The first-order valence-electron chi connectivity index (χ1n) is 10.1. The van der Waals surface area contributed by atoms with Gasteiger partial charge in [0, 0.05) is 34.0 Å². The summed E-state index contributed by atoms with van der Waals surface area (Å²) in [6, 6.07) is 15.2. The predicted molar refractivity (Wildman–Crippen MR) is 122 cm³/mol. The maximum atomic E-state index is 13.0. The van der Waals surface area contributed by atoms with E-state index >= 15 is 0 Å². The number of ether oxygens (including phenoxy) is 1. The molecular weight excluding hydrogens is 432 g/mol. The molecule has 1 aliphatic carbocycles. The zero-order valence-electron chi connectivity index (χ0n) is 17.0. The topological polar surface area (TPSA) is 69.0 Å². The standard InChI is InChI=1S/C23H21ClN4O2S/c1-30-19-12-5-3-8-15(19)21-20-17(10-6-11-18(20)29)25-22-26-23(27-28(21)22)31-13-14-7-2-4-9-16(14)24/h2-5,7-9,12,21H,6,10-11,13H2,1H3,(H,25,26,27)/t21-/m1/s1. The highest BCUT2D eigenvalue weighted by molar-refractivity contribution is 7.98. The van der Waals surface area contributed by atoms with Gasteiger partial charge in [0.15, 0.2) is 5.78 Å². The van der Waals surface area contributed by atoms with Gasteiger partial charge in [-0.15, -0.1) is 5.10 Å². The zero-order valence-corrected chi connectivity index (χ0v) is 18.5. The van der Waals surface area contributed by atoms with E-state index in [0.29, 0.717) is 23.3 Å². The molecule has 8 heteroatoms. The molecule has 0 bridgehead atoms. The van der Waals surface area contributed by atoms with Crippen LogP contribution in [0.3, 0.4) is 0 Å². The fourth-order valence-electron chi connectivity index (χ4n) is 4.14. The number of para-hydroxylation sites is 1. The molecule has 0 fully saturated rings. The Bertz CT molecular complexity index is 1190. The SMILES string of the molecule is COc1ccccc1[C@@H]1C2=C(CCCC2=O)Nc2nc(SCc3ccccc3Cl)nn21. The van der Waals surface area contributed by atoms with E-state index in [1.54, 1.807) is 7.11 Å². The van der Waals surface area contributed by atoms with E-state index in [1.165, 1.54) is 11.8 Å². The molecule has 3 aromatic rings. The third-order valence-electron chi connectivity index (χ3n) is 5.60. The molecule has 0 saturated carbocycles. The van der Waals surface area contributed by atoms with Crippen molar-refractivity contribution in [1.29, 1.82) is 0 Å². The van der Waals surface area contributed by atoms with Crippen LogP contribution in [-0.2, 0) is 10.5 Å². The molecule has 6 nitrogen and oxygen atoms in total. The number of fused-ring (bicyclic) bond motifs is 1. The van der Waals surface area contributed by atoms with E-state index in [9.17, 15) is 4.79 Å². The lowest BCUT2D eigenvalue weighted by Crippen LogP contribution is -2.31. The summed E-state index contributed by atoms with van der Waals surface area (Å²) in [4.78, 5) is 17.7. The fourth-order valence-corrected chi connectivity index (χ4v) is 5.25. The van der Waals surface area contributed by atoms with Gasteiger partial charge in [-0.3, -0.25) is 4.79 Å². The van der Waals surface area contributed by atoms with Crippen molar-refractivity contribution in [2.75, 3.05) is 12.4 Å². The van der Waals surface area contributed by atoms with E-state index in [0.717, 1.165) is 46.0 Å². The first kappa shape index (κ1) is 20.2. The van der Waals surface area contributed by atoms with Gasteiger partial charge < -0.3 is 10.1 Å². The van der Waals surface area contributed by atoms with Crippen molar-refractivity contribution in [3.8, 4) is 5.75 Å². The summed E-state index contributed by atoms with van der Waals surface area (Å²) in [6.45, 7) is 0. The van der Waals surface area contributed by atoms with Gasteiger partial charge in [0.05, 0.1) is 7.11 Å². The number of carbonyl (C=O) groups is 1. The number of halogens is 1. The molecular formula is C23H21ClN4O2S. The van der Waals surface area contributed by atoms with E-state index in [1.807, 2.05) is 53.2 Å². The Morgan fingerprint density at radius 3 is 2.84 bits per heavy atom. The maximum Gasteiger partial charge on any atom is 0.227 e. The number of nitrogens with one attached hydrogen (secondary N) is 1. The Hall–Kier alpha value is -2.77. The Balaban J connectivity index is 1.54. The van der Waals surface area contributed by atoms with Crippen molar-refractivity contribution in [3.05, 3.63) is 76.0 Å². The molecule has 1 atom stereocenters. The lowest BCUT2D eigenvalue weighted by molar-refractivity contribution is -0.116. The molecule has 2 aromatic carbocycles. The minimum absolute atomic E-state index is 0.149. The summed E-state index contributed by atoms with van der Waals surface area (Å²) in [5.74, 6) is 2.18. The number of carbonyl (C=O) groups excluding carboxylic acids is 1. The normalized spacial score (nSPS) is 17.7. The summed E-state index contributed by atoms with van der Waals surface area (Å²) in [5.41, 5.74) is 3.64. The minimum Gasteiger partial charge on any atom is -0.496 e. The van der Waals surface area contributed by atoms with Gasteiger partial charge in [-0.25, -0.2) is 4.68 Å². The van der Waals surface area contributed by atoms with Crippen LogP contribution >= 0.6 is 23.4 Å². The van der Waals surface area contributed by atoms with Crippen LogP contribution in [0.5, 0.6) is 5.75 Å². The molecule has 0 amide bonds. The molecule has 0 radical (unpaired) electrons. The number of hydrogen-bond acceptors (Lipinski definition) is 6. The van der Waals surface area contributed by atoms with E-state index in [4.69, 9.17) is 26.4 Å². The highest BCUT2D eigenvalue weighted by Crippen LogP contribution is 2.43. The molecule has 158 valence electrons. The highest BCUT2D eigenvalue weighted by atomic mass is 35.5. The molecule has 0 unspecified atom stereocenters. The molecule has 2 heterocycles. The monoisotopic (exact) mass is 452 g/mol. The number of Topliss-reactive ketones (excluding diaryl/α,β-unsaturated/α-hetero) is 1. The van der Waals surface area contributed by atoms with E-state index < -0.39 is 0 Å². The summed E-state index contributed by atoms with van der Waals surface area (Å²) < 4.78 is 7.43. The lowest BCUT2D eigenvalue weighted by atomic mass is 9.85. The number of nitrogens with zero attached hydrogens (tertiary/aromatic N) is 3. The van der Waals surface area contributed by atoms with Crippen LogP contribution in [-0.4, -0.2) is 27.7 Å². The Morgan fingerprint density at radius 1 is 1.19 bits per heavy atom. The number of hydrogen-bond donors (Lipinski definition) is 1. The second-order valence-corrected chi connectivity index (χ2v) is 8.83. The first-order chi connectivity index (χ1) is 15.2. The van der Waals surface area contributed by atoms with Crippen LogP contribution in [0, 0.1) is 0 Å². The van der Waals surface area contributed by atoms with Crippen molar-refractivity contribution >= 4 is 35.1 Å². The number of anilines is 1. The van der Waals surface area contributed by atoms with Crippen LogP contribution in [0.25, 0.3) is 0 Å². The van der Waals surface area contributed by atoms with Crippen molar-refractivity contribution < 1.29 is 9.53 Å².